The van der Waals surface area contributed by atoms with Crippen molar-refractivity contribution in [3.63, 3.8) is 0 Å². The lowest BCUT2D eigenvalue weighted by Crippen LogP contribution is -2.03. The van der Waals surface area contributed by atoms with Gasteiger partial charge >= 0.3 is 0 Å². The first-order valence-corrected chi connectivity index (χ1v) is 6.28. The van der Waals surface area contributed by atoms with Crippen molar-refractivity contribution in [3.05, 3.63) is 23.2 Å². The molecule has 1 aromatic heterocycles. The average Bonchev–Trinajstić information content (AvgIpc) is 2.87. The van der Waals surface area contributed by atoms with Gasteiger partial charge in [0.25, 0.3) is 0 Å². The number of nitrogens with zero attached hydrogens (tertiary/aromatic N) is 2. The third-order valence-corrected chi connectivity index (χ3v) is 3.62. The Morgan fingerprint density at radius 2 is 2.00 bits per heavy atom. The minimum Gasteiger partial charge on any atom is -0.497 e. The zero-order valence-corrected chi connectivity index (χ0v) is 11.3. The summed E-state index contributed by atoms with van der Waals surface area (Å²) < 4.78 is 10.5. The van der Waals surface area contributed by atoms with Gasteiger partial charge in [0.2, 0.25) is 0 Å². The lowest BCUT2D eigenvalue weighted by molar-refractivity contribution is 0.404. The van der Waals surface area contributed by atoms with Crippen molar-refractivity contribution < 1.29 is 9.47 Å². The third-order valence-electron chi connectivity index (χ3n) is 2.47. The number of benzene rings is 1. The lowest BCUT2D eigenvalue weighted by Gasteiger charge is -2.07. The molecular formula is C12H15N3O2S. The van der Waals surface area contributed by atoms with Crippen LogP contribution in [0.15, 0.2) is 18.2 Å². The van der Waals surface area contributed by atoms with Crippen LogP contribution in [0.1, 0.15) is 18.0 Å². The molecule has 2 N–H and O–H groups in total. The van der Waals surface area contributed by atoms with Crippen molar-refractivity contribution in [3.8, 4) is 22.1 Å². The summed E-state index contributed by atoms with van der Waals surface area (Å²) in [5.41, 5.74) is 6.65. The molecule has 1 unspecified atom stereocenters. The van der Waals surface area contributed by atoms with Crippen LogP contribution < -0.4 is 15.2 Å². The lowest BCUT2D eigenvalue weighted by atomic mass is 10.2. The SMILES string of the molecule is COc1ccc(OC)c(-c2nnc(C(C)N)s2)c1. The van der Waals surface area contributed by atoms with Gasteiger partial charge in [-0.25, -0.2) is 0 Å². The zero-order chi connectivity index (χ0) is 13.1. The maximum absolute atomic E-state index is 5.78. The number of hydrogen-bond acceptors (Lipinski definition) is 6. The monoisotopic (exact) mass is 265 g/mol. The quantitative estimate of drug-likeness (QED) is 0.918. The highest BCUT2D eigenvalue weighted by molar-refractivity contribution is 7.14. The number of nitrogens with two attached hydrogens (primary N) is 1. The third kappa shape index (κ3) is 2.44. The normalized spacial score (nSPS) is 12.2. The molecule has 0 bridgehead atoms. The van der Waals surface area contributed by atoms with Crippen LogP contribution in [0, 0.1) is 0 Å². The summed E-state index contributed by atoms with van der Waals surface area (Å²) in [4.78, 5) is 0. The van der Waals surface area contributed by atoms with Gasteiger partial charge in [-0.1, -0.05) is 11.3 Å². The van der Waals surface area contributed by atoms with Crippen LogP contribution in [0.4, 0.5) is 0 Å². The summed E-state index contributed by atoms with van der Waals surface area (Å²) in [5.74, 6) is 1.49. The summed E-state index contributed by atoms with van der Waals surface area (Å²) in [6.45, 7) is 1.88. The van der Waals surface area contributed by atoms with Crippen LogP contribution >= 0.6 is 11.3 Å². The van der Waals surface area contributed by atoms with Gasteiger partial charge in [0.05, 0.1) is 25.8 Å². The maximum Gasteiger partial charge on any atom is 0.151 e. The molecule has 0 amide bonds. The predicted molar refractivity (Wildman–Crippen MR) is 71.1 cm³/mol. The van der Waals surface area contributed by atoms with Crippen molar-refractivity contribution in [2.75, 3.05) is 14.2 Å². The molecule has 0 spiro atoms. The molecule has 1 aromatic carbocycles. The van der Waals surface area contributed by atoms with Gasteiger partial charge in [0.15, 0.2) is 5.01 Å². The molecule has 96 valence electrons. The van der Waals surface area contributed by atoms with Gasteiger partial charge in [-0.3, -0.25) is 0 Å². The first kappa shape index (κ1) is 12.8. The highest BCUT2D eigenvalue weighted by Crippen LogP contribution is 2.35. The van der Waals surface area contributed by atoms with Gasteiger partial charge < -0.3 is 15.2 Å². The molecular weight excluding hydrogens is 250 g/mol. The van der Waals surface area contributed by atoms with Crippen LogP contribution in [0.25, 0.3) is 10.6 Å². The van der Waals surface area contributed by atoms with Crippen molar-refractivity contribution >= 4 is 11.3 Å². The van der Waals surface area contributed by atoms with E-state index in [-0.39, 0.29) is 6.04 Å². The Bertz CT molecular complexity index is 540. The molecule has 5 nitrogen and oxygen atoms in total. The number of methoxy groups -OCH3 is 2. The van der Waals surface area contributed by atoms with Crippen molar-refractivity contribution in [2.45, 2.75) is 13.0 Å². The maximum atomic E-state index is 5.78. The second kappa shape index (κ2) is 5.32. The Labute approximate surface area is 110 Å². The summed E-state index contributed by atoms with van der Waals surface area (Å²) in [5, 5.41) is 9.79. The van der Waals surface area contributed by atoms with Gasteiger partial charge in [-0.15, -0.1) is 10.2 Å². The Kier molecular flexibility index (Phi) is 3.78. The molecule has 0 saturated heterocycles. The van der Waals surface area contributed by atoms with Gasteiger partial charge in [0, 0.05) is 0 Å². The smallest absolute Gasteiger partial charge is 0.151 e. The van der Waals surface area contributed by atoms with Crippen molar-refractivity contribution in [1.29, 1.82) is 0 Å². The van der Waals surface area contributed by atoms with E-state index in [4.69, 9.17) is 15.2 Å². The number of aromatic nitrogens is 2. The molecule has 0 saturated carbocycles. The van der Waals surface area contributed by atoms with Gasteiger partial charge in [0.1, 0.15) is 16.5 Å². The molecule has 18 heavy (non-hydrogen) atoms. The van der Waals surface area contributed by atoms with Crippen molar-refractivity contribution in [1.82, 2.24) is 10.2 Å². The van der Waals surface area contributed by atoms with Crippen LogP contribution in [0.5, 0.6) is 11.5 Å². The van der Waals surface area contributed by atoms with E-state index in [1.807, 2.05) is 25.1 Å². The van der Waals surface area contributed by atoms with Crippen LogP contribution in [0.3, 0.4) is 0 Å². The fraction of sp³-hybridized carbons (Fsp3) is 0.333. The number of ether oxygens (including phenoxy) is 2. The van der Waals surface area contributed by atoms with E-state index in [0.29, 0.717) is 0 Å². The average molecular weight is 265 g/mol. The highest BCUT2D eigenvalue weighted by atomic mass is 32.1. The van der Waals surface area contributed by atoms with Crippen LogP contribution in [-0.2, 0) is 0 Å². The van der Waals surface area contributed by atoms with E-state index < -0.39 is 0 Å². The van der Waals surface area contributed by atoms with Crippen LogP contribution in [0.2, 0.25) is 0 Å². The number of hydrogen-bond donors (Lipinski definition) is 1. The fourth-order valence-corrected chi connectivity index (χ4v) is 2.33. The van der Waals surface area contributed by atoms with E-state index >= 15 is 0 Å². The Balaban J connectivity index is 2.46. The molecule has 0 radical (unpaired) electrons. The molecule has 0 aliphatic rings. The Hall–Kier alpha value is -1.66. The first-order chi connectivity index (χ1) is 8.65. The summed E-state index contributed by atoms with van der Waals surface area (Å²) in [7, 11) is 3.25. The Morgan fingerprint density at radius 3 is 2.56 bits per heavy atom. The van der Waals surface area contributed by atoms with E-state index in [2.05, 4.69) is 10.2 Å². The number of rotatable bonds is 4. The molecule has 1 heterocycles. The minimum atomic E-state index is -0.118. The largest absolute Gasteiger partial charge is 0.497 e. The van der Waals surface area contributed by atoms with Crippen LogP contribution in [-0.4, -0.2) is 24.4 Å². The zero-order valence-electron chi connectivity index (χ0n) is 10.5. The first-order valence-electron chi connectivity index (χ1n) is 5.47. The predicted octanol–water partition coefficient (Wildman–Crippen LogP) is 2.24. The van der Waals surface area contributed by atoms with Crippen molar-refractivity contribution in [2.24, 2.45) is 5.73 Å². The molecule has 0 aliphatic heterocycles. The minimum absolute atomic E-state index is 0.118. The van der Waals surface area contributed by atoms with E-state index in [1.54, 1.807) is 14.2 Å². The summed E-state index contributed by atoms with van der Waals surface area (Å²) in [6, 6.07) is 5.45. The van der Waals surface area contributed by atoms with E-state index in [0.717, 1.165) is 27.1 Å². The second-order valence-corrected chi connectivity index (χ2v) is 4.81. The van der Waals surface area contributed by atoms with E-state index in [1.165, 1.54) is 11.3 Å². The summed E-state index contributed by atoms with van der Waals surface area (Å²) >= 11 is 1.46. The fourth-order valence-electron chi connectivity index (χ4n) is 1.51. The molecule has 2 rings (SSSR count). The molecule has 0 aliphatic carbocycles. The highest BCUT2D eigenvalue weighted by Gasteiger charge is 2.14. The topological polar surface area (TPSA) is 70.3 Å². The van der Waals surface area contributed by atoms with Gasteiger partial charge in [-0.2, -0.15) is 0 Å². The second-order valence-electron chi connectivity index (χ2n) is 3.80. The Morgan fingerprint density at radius 1 is 1.22 bits per heavy atom. The standard InChI is InChI=1S/C12H15N3O2S/c1-7(13)11-14-15-12(18-11)9-6-8(16-2)4-5-10(9)17-3/h4-7H,13H2,1-3H3. The summed E-state index contributed by atoms with van der Waals surface area (Å²) in [6.07, 6.45) is 0. The molecule has 2 aromatic rings. The molecule has 0 fully saturated rings. The van der Waals surface area contributed by atoms with Gasteiger partial charge in [-0.05, 0) is 25.1 Å². The van der Waals surface area contributed by atoms with E-state index in [9.17, 15) is 0 Å². The molecule has 1 atom stereocenters. The molecule has 6 heteroatoms.